The first-order valence-corrected chi connectivity index (χ1v) is 7.39. The van der Waals surface area contributed by atoms with Gasteiger partial charge in [0.1, 0.15) is 17.3 Å². The second-order valence-corrected chi connectivity index (χ2v) is 5.24. The monoisotopic (exact) mass is 347 g/mol. The Balaban J connectivity index is 1.74. The number of halogens is 3. The fourth-order valence-corrected chi connectivity index (χ4v) is 2.20. The summed E-state index contributed by atoms with van der Waals surface area (Å²) in [5.41, 5.74) is 0.566. The van der Waals surface area contributed by atoms with Gasteiger partial charge in [0.15, 0.2) is 5.82 Å². The Kier molecular flexibility index (Phi) is 4.81. The molecule has 0 aliphatic heterocycles. The summed E-state index contributed by atoms with van der Waals surface area (Å²) in [6.07, 6.45) is 1.27. The van der Waals surface area contributed by atoms with Crippen LogP contribution in [0.1, 0.15) is 5.56 Å². The molecule has 0 spiro atoms. The van der Waals surface area contributed by atoms with E-state index < -0.39 is 11.6 Å². The summed E-state index contributed by atoms with van der Waals surface area (Å²) in [6.45, 7) is 0.388. The average Bonchev–Trinajstić information content (AvgIpc) is 2.58. The van der Waals surface area contributed by atoms with E-state index in [-0.39, 0.29) is 17.5 Å². The third-order valence-corrected chi connectivity index (χ3v) is 3.54. The Hall–Kier alpha value is -2.80. The molecule has 0 atom stereocenters. The molecule has 0 fully saturated rings. The van der Waals surface area contributed by atoms with Gasteiger partial charge in [-0.05, 0) is 23.8 Å². The lowest BCUT2D eigenvalue weighted by Crippen LogP contribution is -2.07. The van der Waals surface area contributed by atoms with E-state index >= 15 is 0 Å². The van der Waals surface area contributed by atoms with E-state index in [1.54, 1.807) is 6.07 Å². The number of benzene rings is 2. The van der Waals surface area contributed by atoms with Gasteiger partial charge in [-0.2, -0.15) is 10.1 Å². The summed E-state index contributed by atoms with van der Waals surface area (Å²) in [6, 6.07) is 10.9. The molecule has 0 aliphatic carbocycles. The Bertz CT molecular complexity index is 839. The molecule has 24 heavy (non-hydrogen) atoms. The van der Waals surface area contributed by atoms with Crippen molar-refractivity contribution in [3.8, 4) is 0 Å². The molecule has 3 rings (SSSR count). The Morgan fingerprint density at radius 3 is 2.50 bits per heavy atom. The third kappa shape index (κ3) is 3.75. The molecule has 0 bridgehead atoms. The fraction of sp³-hybridized carbons (Fsp3) is 0.0625. The SMILES string of the molecule is Fc1cccc(F)c1Nc1cnnc(NCc2ccccc2Cl)n1. The summed E-state index contributed by atoms with van der Waals surface area (Å²) in [4.78, 5) is 4.12. The minimum atomic E-state index is -0.723. The van der Waals surface area contributed by atoms with Crippen LogP contribution in [-0.4, -0.2) is 15.2 Å². The van der Waals surface area contributed by atoms with Crippen molar-refractivity contribution in [3.63, 3.8) is 0 Å². The summed E-state index contributed by atoms with van der Waals surface area (Å²) in [5.74, 6) is -1.08. The van der Waals surface area contributed by atoms with Gasteiger partial charge in [0.25, 0.3) is 0 Å². The summed E-state index contributed by atoms with van der Waals surface area (Å²) < 4.78 is 27.3. The zero-order valence-corrected chi connectivity index (χ0v) is 13.1. The maximum absolute atomic E-state index is 13.7. The van der Waals surface area contributed by atoms with Crippen LogP contribution in [0, 0.1) is 11.6 Å². The van der Waals surface area contributed by atoms with Crippen LogP contribution >= 0.6 is 11.6 Å². The lowest BCUT2D eigenvalue weighted by atomic mass is 10.2. The second-order valence-electron chi connectivity index (χ2n) is 4.83. The molecule has 0 saturated carbocycles. The van der Waals surface area contributed by atoms with Gasteiger partial charge in [-0.25, -0.2) is 8.78 Å². The number of para-hydroxylation sites is 1. The largest absolute Gasteiger partial charge is 0.349 e. The molecule has 1 heterocycles. The zero-order valence-electron chi connectivity index (χ0n) is 12.3. The molecule has 122 valence electrons. The predicted octanol–water partition coefficient (Wildman–Crippen LogP) is 4.16. The molecule has 0 radical (unpaired) electrons. The van der Waals surface area contributed by atoms with Crippen LogP contribution in [0.15, 0.2) is 48.7 Å². The van der Waals surface area contributed by atoms with Crippen LogP contribution in [0.25, 0.3) is 0 Å². The van der Waals surface area contributed by atoms with Crippen molar-refractivity contribution in [1.29, 1.82) is 0 Å². The van der Waals surface area contributed by atoms with Crippen LogP contribution < -0.4 is 10.6 Å². The van der Waals surface area contributed by atoms with Gasteiger partial charge < -0.3 is 10.6 Å². The molecule has 0 unspecified atom stereocenters. The van der Waals surface area contributed by atoms with E-state index in [1.807, 2.05) is 18.2 Å². The van der Waals surface area contributed by atoms with Gasteiger partial charge in [0, 0.05) is 11.6 Å². The lowest BCUT2D eigenvalue weighted by molar-refractivity contribution is 0.590. The summed E-state index contributed by atoms with van der Waals surface area (Å²) >= 11 is 6.07. The molecule has 2 N–H and O–H groups in total. The van der Waals surface area contributed by atoms with Crippen molar-refractivity contribution in [3.05, 3.63) is 70.9 Å². The van der Waals surface area contributed by atoms with E-state index in [9.17, 15) is 8.78 Å². The summed E-state index contributed by atoms with van der Waals surface area (Å²) in [5, 5.41) is 13.7. The van der Waals surface area contributed by atoms with Crippen molar-refractivity contribution in [2.24, 2.45) is 0 Å². The normalized spacial score (nSPS) is 10.5. The fourth-order valence-electron chi connectivity index (χ4n) is 2.00. The van der Waals surface area contributed by atoms with Crippen LogP contribution in [0.4, 0.5) is 26.2 Å². The molecule has 0 amide bonds. The quantitative estimate of drug-likeness (QED) is 0.725. The first-order chi connectivity index (χ1) is 11.6. The van der Waals surface area contributed by atoms with Gasteiger partial charge in [-0.15, -0.1) is 5.10 Å². The second kappa shape index (κ2) is 7.18. The Morgan fingerprint density at radius 2 is 1.75 bits per heavy atom. The minimum Gasteiger partial charge on any atom is -0.349 e. The van der Waals surface area contributed by atoms with Gasteiger partial charge in [-0.3, -0.25) is 0 Å². The molecule has 3 aromatic rings. The highest BCUT2D eigenvalue weighted by molar-refractivity contribution is 6.31. The molecule has 5 nitrogen and oxygen atoms in total. The first-order valence-electron chi connectivity index (χ1n) is 7.01. The first kappa shape index (κ1) is 16.1. The number of rotatable bonds is 5. The van der Waals surface area contributed by atoms with Crippen molar-refractivity contribution in [1.82, 2.24) is 15.2 Å². The zero-order chi connectivity index (χ0) is 16.9. The van der Waals surface area contributed by atoms with E-state index in [2.05, 4.69) is 25.8 Å². The number of nitrogens with zero attached hydrogens (tertiary/aromatic N) is 3. The van der Waals surface area contributed by atoms with E-state index in [0.29, 0.717) is 11.6 Å². The molecule has 8 heteroatoms. The van der Waals surface area contributed by atoms with E-state index in [0.717, 1.165) is 17.7 Å². The van der Waals surface area contributed by atoms with Gasteiger partial charge in [0.2, 0.25) is 5.95 Å². The van der Waals surface area contributed by atoms with Crippen LogP contribution in [0.2, 0.25) is 5.02 Å². The van der Waals surface area contributed by atoms with E-state index in [4.69, 9.17) is 11.6 Å². The summed E-state index contributed by atoms with van der Waals surface area (Å²) in [7, 11) is 0. The molecule has 0 aliphatic rings. The number of nitrogens with one attached hydrogen (secondary N) is 2. The molecular weight excluding hydrogens is 336 g/mol. The van der Waals surface area contributed by atoms with Crippen LogP contribution in [0.3, 0.4) is 0 Å². The number of anilines is 3. The molecular formula is C16H12ClF2N5. The maximum atomic E-state index is 13.7. The average molecular weight is 348 g/mol. The minimum absolute atomic E-state index is 0.163. The number of hydrogen-bond acceptors (Lipinski definition) is 5. The van der Waals surface area contributed by atoms with Crippen LogP contribution in [0.5, 0.6) is 0 Å². The maximum Gasteiger partial charge on any atom is 0.244 e. The smallest absolute Gasteiger partial charge is 0.244 e. The number of hydrogen-bond donors (Lipinski definition) is 2. The van der Waals surface area contributed by atoms with Gasteiger partial charge in [-0.1, -0.05) is 35.9 Å². The van der Waals surface area contributed by atoms with Crippen LogP contribution in [-0.2, 0) is 6.54 Å². The third-order valence-electron chi connectivity index (χ3n) is 3.17. The Morgan fingerprint density at radius 1 is 1.00 bits per heavy atom. The van der Waals surface area contributed by atoms with E-state index in [1.165, 1.54) is 12.3 Å². The highest BCUT2D eigenvalue weighted by Gasteiger charge is 2.10. The molecule has 1 aromatic heterocycles. The highest BCUT2D eigenvalue weighted by Crippen LogP contribution is 2.22. The van der Waals surface area contributed by atoms with Gasteiger partial charge in [0.05, 0.1) is 6.20 Å². The molecule has 2 aromatic carbocycles. The van der Waals surface area contributed by atoms with Crippen molar-refractivity contribution in [2.75, 3.05) is 10.6 Å². The Labute approximate surface area is 141 Å². The van der Waals surface area contributed by atoms with Gasteiger partial charge >= 0.3 is 0 Å². The number of aromatic nitrogens is 3. The van der Waals surface area contributed by atoms with Crippen molar-refractivity contribution in [2.45, 2.75) is 6.54 Å². The predicted molar refractivity (Wildman–Crippen MR) is 88.2 cm³/mol. The van der Waals surface area contributed by atoms with Crippen molar-refractivity contribution < 1.29 is 8.78 Å². The highest BCUT2D eigenvalue weighted by atomic mass is 35.5. The molecule has 0 saturated heterocycles. The standard InChI is InChI=1S/C16H12ClF2N5/c17-11-5-2-1-4-10(11)8-20-16-23-14(9-21-24-16)22-15-12(18)6-3-7-13(15)19/h1-7,9H,8H2,(H2,20,22,23,24). The van der Waals surface area contributed by atoms with Crippen molar-refractivity contribution >= 4 is 29.1 Å². The topological polar surface area (TPSA) is 62.7 Å². The lowest BCUT2D eigenvalue weighted by Gasteiger charge is -2.09.